The maximum absolute atomic E-state index is 13.2. The van der Waals surface area contributed by atoms with Crippen molar-refractivity contribution < 1.29 is 40.9 Å². The SMILES string of the molecule is NNC(=Nc1ccc(OC(F)(F)F)c([C@@H]2CO[C@]3(CCC[C@H](CO)[C@H]3c3ccccc3)C2)c1)C(F)(F)F. The van der Waals surface area contributed by atoms with Gasteiger partial charge in [-0.05, 0) is 48.9 Å². The molecule has 1 saturated heterocycles. The van der Waals surface area contributed by atoms with Crippen molar-refractivity contribution in [2.45, 2.75) is 55.7 Å². The molecule has 2 fully saturated rings. The van der Waals surface area contributed by atoms with Gasteiger partial charge in [0.1, 0.15) is 5.75 Å². The Morgan fingerprint density at radius 3 is 2.49 bits per heavy atom. The first-order chi connectivity index (χ1) is 17.5. The number of nitrogens with zero attached hydrogens (tertiary/aromatic N) is 1. The van der Waals surface area contributed by atoms with E-state index in [4.69, 9.17) is 10.6 Å². The maximum atomic E-state index is 13.2. The summed E-state index contributed by atoms with van der Waals surface area (Å²) in [5.41, 5.74) is 1.46. The van der Waals surface area contributed by atoms with Crippen LogP contribution >= 0.6 is 0 Å². The van der Waals surface area contributed by atoms with Gasteiger partial charge in [-0.3, -0.25) is 0 Å². The van der Waals surface area contributed by atoms with E-state index in [0.29, 0.717) is 12.8 Å². The van der Waals surface area contributed by atoms with Crippen LogP contribution in [0.25, 0.3) is 0 Å². The summed E-state index contributed by atoms with van der Waals surface area (Å²) in [6, 6.07) is 12.6. The minimum Gasteiger partial charge on any atom is -0.405 e. The fraction of sp³-hybridized carbons (Fsp3) is 0.480. The lowest BCUT2D eigenvalue weighted by atomic mass is 9.64. The van der Waals surface area contributed by atoms with Gasteiger partial charge in [0.05, 0.1) is 17.9 Å². The number of nitrogens with one attached hydrogen (secondary N) is 1. The first-order valence-electron chi connectivity index (χ1n) is 11.8. The normalized spacial score (nSPS) is 26.9. The Labute approximate surface area is 209 Å². The molecule has 1 saturated carbocycles. The fourth-order valence-electron chi connectivity index (χ4n) is 5.69. The minimum atomic E-state index is -5.01. The van der Waals surface area contributed by atoms with Gasteiger partial charge in [-0.25, -0.2) is 10.8 Å². The van der Waals surface area contributed by atoms with Gasteiger partial charge in [-0.15, -0.1) is 13.2 Å². The van der Waals surface area contributed by atoms with Crippen LogP contribution in [0.5, 0.6) is 5.75 Å². The zero-order valence-corrected chi connectivity index (χ0v) is 19.6. The Kier molecular flexibility index (Phi) is 7.72. The molecular weight excluding hydrogens is 504 g/mol. The van der Waals surface area contributed by atoms with E-state index >= 15 is 0 Å². The Morgan fingerprint density at radius 2 is 1.86 bits per heavy atom. The zero-order valence-electron chi connectivity index (χ0n) is 19.6. The van der Waals surface area contributed by atoms with E-state index in [0.717, 1.165) is 36.6 Å². The molecule has 4 rings (SSSR count). The van der Waals surface area contributed by atoms with Crippen molar-refractivity contribution >= 4 is 11.5 Å². The molecule has 1 aliphatic carbocycles. The van der Waals surface area contributed by atoms with Gasteiger partial charge in [-0.1, -0.05) is 36.8 Å². The summed E-state index contributed by atoms with van der Waals surface area (Å²) >= 11 is 0. The second-order valence-electron chi connectivity index (χ2n) is 9.37. The lowest BCUT2D eigenvalue weighted by Crippen LogP contribution is -2.44. The van der Waals surface area contributed by atoms with E-state index in [-0.39, 0.29) is 36.3 Å². The van der Waals surface area contributed by atoms with Crippen molar-refractivity contribution in [2.75, 3.05) is 13.2 Å². The number of ether oxygens (including phenoxy) is 2. The van der Waals surface area contributed by atoms with Crippen LogP contribution < -0.4 is 16.0 Å². The van der Waals surface area contributed by atoms with Crippen molar-refractivity contribution in [3.05, 3.63) is 59.7 Å². The van der Waals surface area contributed by atoms with Crippen LogP contribution in [0.3, 0.4) is 0 Å². The van der Waals surface area contributed by atoms with E-state index in [9.17, 15) is 31.4 Å². The zero-order chi connectivity index (χ0) is 26.8. The van der Waals surface area contributed by atoms with Gasteiger partial charge in [-0.2, -0.15) is 13.2 Å². The second-order valence-corrected chi connectivity index (χ2v) is 9.37. The number of halogens is 6. The lowest BCUT2D eigenvalue weighted by molar-refractivity contribution is -0.275. The molecule has 2 aromatic rings. The van der Waals surface area contributed by atoms with Gasteiger partial charge in [0.15, 0.2) is 0 Å². The summed E-state index contributed by atoms with van der Waals surface area (Å²) in [5.74, 6) is 2.00. The number of hydrogen-bond acceptors (Lipinski definition) is 5. The molecule has 0 aromatic heterocycles. The van der Waals surface area contributed by atoms with Crippen molar-refractivity contribution in [3.63, 3.8) is 0 Å². The molecule has 202 valence electrons. The number of hydrogen-bond donors (Lipinski definition) is 3. The van der Waals surface area contributed by atoms with E-state index in [1.807, 2.05) is 30.3 Å². The van der Waals surface area contributed by atoms with Gasteiger partial charge in [0.2, 0.25) is 5.84 Å². The summed E-state index contributed by atoms with van der Waals surface area (Å²) in [6.45, 7) is -0.0432. The van der Waals surface area contributed by atoms with Gasteiger partial charge >= 0.3 is 12.5 Å². The summed E-state index contributed by atoms with van der Waals surface area (Å²) in [7, 11) is 0. The minimum absolute atomic E-state index is 0.0319. The number of benzene rings is 2. The third-order valence-electron chi connectivity index (χ3n) is 7.08. The van der Waals surface area contributed by atoms with E-state index in [2.05, 4.69) is 9.73 Å². The molecule has 0 unspecified atom stereocenters. The van der Waals surface area contributed by atoms with Crippen molar-refractivity contribution in [3.8, 4) is 5.75 Å². The molecule has 1 spiro atoms. The van der Waals surface area contributed by atoms with Crippen LogP contribution in [0.1, 0.15) is 48.6 Å². The summed E-state index contributed by atoms with van der Waals surface area (Å²) in [6.07, 6.45) is -7.44. The van der Waals surface area contributed by atoms with Crippen molar-refractivity contribution in [1.29, 1.82) is 0 Å². The molecule has 0 radical (unpaired) electrons. The third-order valence-corrected chi connectivity index (χ3v) is 7.08. The number of rotatable bonds is 5. The molecule has 2 aliphatic rings. The highest BCUT2D eigenvalue weighted by Gasteiger charge is 2.52. The second kappa shape index (κ2) is 10.5. The predicted octanol–water partition coefficient (Wildman–Crippen LogP) is 5.46. The van der Waals surface area contributed by atoms with Crippen LogP contribution in [-0.2, 0) is 4.74 Å². The Morgan fingerprint density at radius 1 is 1.14 bits per heavy atom. The van der Waals surface area contributed by atoms with Crippen molar-refractivity contribution in [1.82, 2.24) is 5.43 Å². The van der Waals surface area contributed by atoms with Crippen LogP contribution in [0.15, 0.2) is 53.5 Å². The monoisotopic (exact) mass is 531 g/mol. The Hall–Kier alpha value is -2.83. The summed E-state index contributed by atoms with van der Waals surface area (Å²) in [5, 5.41) is 10.1. The van der Waals surface area contributed by atoms with Crippen LogP contribution in [0, 0.1) is 5.92 Å². The van der Waals surface area contributed by atoms with Crippen LogP contribution in [0.2, 0.25) is 0 Å². The highest BCUT2D eigenvalue weighted by Crippen LogP contribution is 2.55. The molecule has 1 heterocycles. The molecule has 37 heavy (non-hydrogen) atoms. The number of alkyl halides is 6. The number of hydrazine groups is 1. The fourth-order valence-corrected chi connectivity index (χ4v) is 5.69. The average molecular weight is 531 g/mol. The largest absolute Gasteiger partial charge is 0.573 e. The standard InChI is InChI=1S/C25H27F6N3O3/c26-24(27,28)22(34-32)33-18-8-9-20(37-25(29,30)31)19(11-18)17-12-23(36-14-17)10-4-7-16(13-35)21(23)15-5-2-1-3-6-15/h1-3,5-6,8-9,11,16-17,21,35H,4,7,10,12-14,32H2,(H,33,34)/t16-,17+,21-,23-/m1/s1. The first-order valence-corrected chi connectivity index (χ1v) is 11.8. The molecule has 4 atom stereocenters. The van der Waals surface area contributed by atoms with E-state index in [1.165, 1.54) is 5.43 Å². The lowest BCUT2D eigenvalue weighted by Gasteiger charge is -2.45. The summed E-state index contributed by atoms with van der Waals surface area (Å²) < 4.78 is 89.5. The van der Waals surface area contributed by atoms with Gasteiger partial charge < -0.3 is 20.0 Å². The molecule has 6 nitrogen and oxygen atoms in total. The summed E-state index contributed by atoms with van der Waals surface area (Å²) in [4.78, 5) is 3.45. The molecule has 0 bridgehead atoms. The number of aliphatic imine (C=N–C) groups is 1. The number of aliphatic hydroxyl groups is 1. The number of aliphatic hydroxyl groups excluding tert-OH is 1. The predicted molar refractivity (Wildman–Crippen MR) is 123 cm³/mol. The maximum Gasteiger partial charge on any atom is 0.573 e. The molecule has 0 amide bonds. The van der Waals surface area contributed by atoms with Crippen LogP contribution in [0.4, 0.5) is 32.0 Å². The Balaban J connectivity index is 1.73. The number of amidine groups is 1. The van der Waals surface area contributed by atoms with Crippen LogP contribution in [-0.4, -0.2) is 42.3 Å². The molecular formula is C25H27F6N3O3. The molecule has 2 aromatic carbocycles. The molecule has 12 heteroatoms. The van der Waals surface area contributed by atoms with Crippen molar-refractivity contribution in [2.24, 2.45) is 16.8 Å². The smallest absolute Gasteiger partial charge is 0.405 e. The average Bonchev–Trinajstić information content (AvgIpc) is 3.25. The van der Waals surface area contributed by atoms with E-state index < -0.39 is 35.6 Å². The van der Waals surface area contributed by atoms with Gasteiger partial charge in [0, 0.05) is 24.0 Å². The molecule has 1 aliphatic heterocycles. The van der Waals surface area contributed by atoms with Gasteiger partial charge in [0.25, 0.3) is 0 Å². The highest BCUT2D eigenvalue weighted by molar-refractivity contribution is 5.89. The quantitative estimate of drug-likeness (QED) is 0.157. The topological polar surface area (TPSA) is 89.1 Å². The molecule has 4 N–H and O–H groups in total. The first kappa shape index (κ1) is 27.2. The highest BCUT2D eigenvalue weighted by atomic mass is 19.4. The third kappa shape index (κ3) is 6.02. The van der Waals surface area contributed by atoms with E-state index in [1.54, 1.807) is 0 Å². The Bertz CT molecular complexity index is 1110. The number of nitrogens with two attached hydrogens (primary N) is 1.